The van der Waals surface area contributed by atoms with Crippen LogP contribution in [0.4, 0.5) is 14.5 Å². The fraction of sp³-hybridized carbons (Fsp3) is 0.542. The summed E-state index contributed by atoms with van der Waals surface area (Å²) in [4.78, 5) is 6.90. The van der Waals surface area contributed by atoms with E-state index in [0.29, 0.717) is 11.3 Å². The van der Waals surface area contributed by atoms with Crippen LogP contribution in [0.25, 0.3) is 21.9 Å². The maximum atomic E-state index is 13.6. The normalized spacial score (nSPS) is 20.9. The number of imidazole rings is 2. The number of anilines is 1. The third-order valence-corrected chi connectivity index (χ3v) is 10.8. The smallest absolute Gasteiger partial charge is 0.291 e. The molecule has 3 aromatic heterocycles. The van der Waals surface area contributed by atoms with Gasteiger partial charge in [-0.2, -0.15) is 0 Å². The number of hydrogen-bond acceptors (Lipinski definition) is 8. The van der Waals surface area contributed by atoms with E-state index in [-0.39, 0.29) is 15.4 Å². The van der Waals surface area contributed by atoms with Crippen LogP contribution in [0.5, 0.6) is 0 Å². The van der Waals surface area contributed by atoms with Gasteiger partial charge in [0.15, 0.2) is 5.01 Å². The van der Waals surface area contributed by atoms with Crippen LogP contribution >= 0.6 is 11.3 Å². The van der Waals surface area contributed by atoms with E-state index in [9.17, 15) is 17.2 Å². The highest BCUT2D eigenvalue weighted by molar-refractivity contribution is 7.89. The molecule has 2 aliphatic heterocycles. The number of rotatable bonds is 6. The Balaban J connectivity index is 1.45. The summed E-state index contributed by atoms with van der Waals surface area (Å²) < 4.78 is 60.4. The summed E-state index contributed by atoms with van der Waals surface area (Å²) in [5, 5.41) is 11.0. The fourth-order valence-corrected chi connectivity index (χ4v) is 8.12. The molecule has 1 aliphatic carbocycles. The molecule has 10 nitrogen and oxygen atoms in total. The molecule has 3 aliphatic rings. The Morgan fingerprint density at radius 1 is 1.13 bits per heavy atom. The Labute approximate surface area is 222 Å². The molecule has 0 atom stereocenters. The number of alkyl halides is 2. The number of nitrogens with one attached hydrogen (secondary N) is 2. The van der Waals surface area contributed by atoms with Crippen LogP contribution in [0.15, 0.2) is 29.4 Å². The average Bonchev–Trinajstić information content (AvgIpc) is 3.37. The Morgan fingerprint density at radius 3 is 2.63 bits per heavy atom. The van der Waals surface area contributed by atoms with Gasteiger partial charge in [0.05, 0.1) is 21.6 Å². The van der Waals surface area contributed by atoms with Gasteiger partial charge < -0.3 is 10.2 Å². The molecule has 1 aromatic carbocycles. The van der Waals surface area contributed by atoms with Crippen LogP contribution in [0, 0.1) is 5.41 Å². The zero-order valence-corrected chi connectivity index (χ0v) is 22.5. The van der Waals surface area contributed by atoms with Crippen molar-refractivity contribution in [1.29, 1.82) is 0 Å². The molecule has 7 rings (SSSR count). The largest absolute Gasteiger partial charge is 0.369 e. The van der Waals surface area contributed by atoms with Crippen molar-refractivity contribution >= 4 is 43.9 Å². The van der Waals surface area contributed by atoms with Gasteiger partial charge in [-0.25, -0.2) is 26.9 Å². The summed E-state index contributed by atoms with van der Waals surface area (Å²) in [5.41, 5.74) is 1.85. The van der Waals surface area contributed by atoms with Crippen LogP contribution in [0.1, 0.15) is 50.5 Å². The molecule has 1 saturated carbocycles. The average molecular weight is 563 g/mol. The van der Waals surface area contributed by atoms with Crippen LogP contribution in [0.3, 0.4) is 0 Å². The van der Waals surface area contributed by atoms with E-state index < -0.39 is 27.0 Å². The molecule has 0 unspecified atom stereocenters. The van der Waals surface area contributed by atoms with Crippen molar-refractivity contribution in [3.63, 3.8) is 0 Å². The minimum Gasteiger partial charge on any atom is -0.369 e. The second kappa shape index (κ2) is 8.41. The van der Waals surface area contributed by atoms with Crippen molar-refractivity contribution < 1.29 is 17.2 Å². The van der Waals surface area contributed by atoms with Gasteiger partial charge in [-0.1, -0.05) is 11.3 Å². The number of benzene rings is 1. The van der Waals surface area contributed by atoms with Crippen molar-refractivity contribution in [2.75, 3.05) is 31.1 Å². The molecule has 0 amide bonds. The molecule has 202 valence electrons. The first-order chi connectivity index (χ1) is 18.2. The first-order valence-electron chi connectivity index (χ1n) is 12.8. The van der Waals surface area contributed by atoms with Gasteiger partial charge in [0.2, 0.25) is 20.9 Å². The molecule has 5 heterocycles. The van der Waals surface area contributed by atoms with Gasteiger partial charge in [0, 0.05) is 31.0 Å². The lowest BCUT2D eigenvalue weighted by molar-refractivity contribution is 0.150. The van der Waals surface area contributed by atoms with Gasteiger partial charge in [0.1, 0.15) is 0 Å². The van der Waals surface area contributed by atoms with Gasteiger partial charge in [-0.05, 0) is 69.7 Å². The van der Waals surface area contributed by atoms with E-state index in [1.165, 1.54) is 0 Å². The first kappa shape index (κ1) is 24.4. The maximum Gasteiger partial charge on any atom is 0.291 e. The zero-order valence-electron chi connectivity index (χ0n) is 20.8. The lowest BCUT2D eigenvalue weighted by Gasteiger charge is -2.34. The molecule has 14 heteroatoms. The van der Waals surface area contributed by atoms with Crippen LogP contribution in [-0.4, -0.2) is 64.3 Å². The summed E-state index contributed by atoms with van der Waals surface area (Å²) in [6.07, 6.45) is 5.46. The summed E-state index contributed by atoms with van der Waals surface area (Å²) in [6, 6.07) is 3.35. The summed E-state index contributed by atoms with van der Waals surface area (Å²) >= 11 is 0.773. The Kier molecular flexibility index (Phi) is 5.39. The molecule has 2 N–H and O–H groups in total. The number of hydrogen-bond donors (Lipinski definition) is 2. The number of nitrogens with zero attached hydrogens (tertiary/aromatic N) is 6. The van der Waals surface area contributed by atoms with Crippen molar-refractivity contribution in [3.8, 4) is 5.13 Å². The highest BCUT2D eigenvalue weighted by Crippen LogP contribution is 2.44. The van der Waals surface area contributed by atoms with Crippen molar-refractivity contribution in [2.24, 2.45) is 5.41 Å². The minimum absolute atomic E-state index is 0.139. The third-order valence-electron chi connectivity index (χ3n) is 8.29. The first-order valence-corrected chi connectivity index (χ1v) is 15.1. The van der Waals surface area contributed by atoms with Gasteiger partial charge in [-0.15, -0.1) is 10.2 Å². The third kappa shape index (κ3) is 3.91. The number of halogens is 2. The number of sulfonamides is 1. The Bertz CT molecular complexity index is 1650. The molecule has 38 heavy (non-hydrogen) atoms. The highest BCUT2D eigenvalue weighted by Gasteiger charge is 2.43. The Hall–Kier alpha value is -2.68. The van der Waals surface area contributed by atoms with E-state index in [1.807, 2.05) is 11.3 Å². The molecule has 4 aromatic rings. The molecule has 1 spiro atoms. The van der Waals surface area contributed by atoms with Gasteiger partial charge in [-0.3, -0.25) is 8.97 Å². The molecule has 0 bridgehead atoms. The fourth-order valence-electron chi connectivity index (χ4n) is 5.91. The zero-order chi connectivity index (χ0) is 26.3. The number of piperidine rings is 1. The second-order valence-corrected chi connectivity index (χ2v) is 13.7. The quantitative estimate of drug-likeness (QED) is 0.370. The van der Waals surface area contributed by atoms with E-state index >= 15 is 0 Å². The lowest BCUT2D eigenvalue weighted by Crippen LogP contribution is -2.38. The summed E-state index contributed by atoms with van der Waals surface area (Å²) in [7, 11) is -3.84. The molecule has 2 saturated heterocycles. The van der Waals surface area contributed by atoms with Gasteiger partial charge >= 0.3 is 0 Å². The van der Waals surface area contributed by atoms with Crippen molar-refractivity contribution in [1.82, 2.24) is 34.2 Å². The predicted molar refractivity (Wildman–Crippen MR) is 140 cm³/mol. The van der Waals surface area contributed by atoms with Gasteiger partial charge in [0.25, 0.3) is 6.43 Å². The monoisotopic (exact) mass is 562 g/mol. The minimum atomic E-state index is -3.84. The van der Waals surface area contributed by atoms with Crippen molar-refractivity contribution in [3.05, 3.63) is 29.5 Å². The number of aromatic nitrogens is 5. The lowest BCUT2D eigenvalue weighted by atomic mass is 9.78. The van der Waals surface area contributed by atoms with Crippen molar-refractivity contribution in [2.45, 2.75) is 55.9 Å². The summed E-state index contributed by atoms with van der Waals surface area (Å²) in [5.74, 6) is 0.464. The highest BCUT2D eigenvalue weighted by atomic mass is 32.2. The SMILES string of the molecule is CC1(NS(=O)(=O)c2cc(N3CCC4(CCNCC4)C3)c3c(c2)n(-c2nnc(C(F)F)s2)c2nccn32)CC1. The molecule has 0 radical (unpaired) electrons. The van der Waals surface area contributed by atoms with E-state index in [1.54, 1.807) is 29.1 Å². The molecule has 3 fully saturated rings. The van der Waals surface area contributed by atoms with Crippen LogP contribution < -0.4 is 14.9 Å². The summed E-state index contributed by atoms with van der Waals surface area (Å²) in [6.45, 7) is 5.49. The van der Waals surface area contributed by atoms with Crippen LogP contribution in [0.2, 0.25) is 0 Å². The number of fused-ring (bicyclic) bond motifs is 3. The Morgan fingerprint density at radius 2 is 1.92 bits per heavy atom. The maximum absolute atomic E-state index is 13.6. The second-order valence-electron chi connectivity index (χ2n) is 11.1. The van der Waals surface area contributed by atoms with E-state index in [0.717, 1.165) is 80.8 Å². The van der Waals surface area contributed by atoms with E-state index in [2.05, 4.69) is 30.1 Å². The van der Waals surface area contributed by atoms with E-state index in [4.69, 9.17) is 0 Å². The van der Waals surface area contributed by atoms with Crippen LogP contribution in [-0.2, 0) is 10.0 Å². The molecular weight excluding hydrogens is 534 g/mol. The standard InChI is InChI=1S/C24H28F2N8O2S2/c1-23(2-3-23)31-38(35,36)15-12-16(32-10-6-24(14-32)4-7-27-8-5-24)18-17(13-15)34(21-28-9-11-33(18)21)22-30-29-20(37-22)19(25)26/h9,11-13,19,27,31H,2-8,10,14H2,1H3. The molecular formula is C24H28F2N8O2S2. The predicted octanol–water partition coefficient (Wildman–Crippen LogP) is 3.48. The topological polar surface area (TPSA) is 109 Å².